The first-order chi connectivity index (χ1) is 14.3. The van der Waals surface area contributed by atoms with Crippen LogP contribution in [-0.4, -0.2) is 34.3 Å². The van der Waals surface area contributed by atoms with E-state index in [-0.39, 0.29) is 22.4 Å². The minimum atomic E-state index is -4.03. The second-order valence-electron chi connectivity index (χ2n) is 6.97. The van der Waals surface area contributed by atoms with Gasteiger partial charge < -0.3 is 4.52 Å². The topological polar surface area (TPSA) is 119 Å². The van der Waals surface area contributed by atoms with E-state index in [0.29, 0.717) is 18.7 Å². The number of hydrogen-bond donors (Lipinski definition) is 0. The Balaban J connectivity index is 1.67. The number of nitro benzene ring substituents is 1. The highest BCUT2D eigenvalue weighted by atomic mass is 35.5. The lowest BCUT2D eigenvalue weighted by Gasteiger charge is -2.21. The molecule has 1 aromatic heterocycles. The Morgan fingerprint density at radius 2 is 2.07 bits per heavy atom. The molecule has 4 rings (SSSR count). The summed E-state index contributed by atoms with van der Waals surface area (Å²) in [5, 5.41) is 15.0. The number of nitro groups is 1. The summed E-state index contributed by atoms with van der Waals surface area (Å²) in [6.07, 6.45) is 1.10. The zero-order chi connectivity index (χ0) is 21.5. The molecule has 1 atom stereocenters. The standard InChI is InChI=1S/C19H17ClN4O5S/c1-12-4-2-5-13(10-12)18-21-19(29-22-18)16-6-3-9-23(16)30(27,28)14-7-8-15(20)17(11-14)24(25)26/h2,4-5,7-8,10-11,16H,3,6,9H2,1H3/t16-/m0/s1. The highest BCUT2D eigenvalue weighted by Gasteiger charge is 2.40. The molecule has 1 aliphatic heterocycles. The predicted octanol–water partition coefficient (Wildman–Crippen LogP) is 4.13. The molecule has 0 bridgehead atoms. The minimum Gasteiger partial charge on any atom is -0.337 e. The molecule has 3 aromatic rings. The largest absolute Gasteiger partial charge is 0.337 e. The van der Waals surface area contributed by atoms with Crippen LogP contribution >= 0.6 is 11.6 Å². The molecule has 1 fully saturated rings. The first-order valence-electron chi connectivity index (χ1n) is 9.14. The molecule has 0 amide bonds. The summed E-state index contributed by atoms with van der Waals surface area (Å²) in [5.74, 6) is 0.566. The summed E-state index contributed by atoms with van der Waals surface area (Å²) in [6, 6.07) is 10.4. The van der Waals surface area contributed by atoms with Crippen molar-refractivity contribution in [2.75, 3.05) is 6.54 Å². The van der Waals surface area contributed by atoms with Gasteiger partial charge in [0.05, 0.1) is 9.82 Å². The highest BCUT2D eigenvalue weighted by Crippen LogP contribution is 2.38. The molecular formula is C19H17ClN4O5S. The van der Waals surface area contributed by atoms with Gasteiger partial charge in [0.25, 0.3) is 5.69 Å². The molecule has 156 valence electrons. The molecule has 30 heavy (non-hydrogen) atoms. The van der Waals surface area contributed by atoms with Crippen LogP contribution in [0.3, 0.4) is 0 Å². The zero-order valence-electron chi connectivity index (χ0n) is 15.9. The molecule has 0 aliphatic carbocycles. The van der Waals surface area contributed by atoms with Gasteiger partial charge >= 0.3 is 0 Å². The van der Waals surface area contributed by atoms with Gasteiger partial charge in [-0.2, -0.15) is 9.29 Å². The lowest BCUT2D eigenvalue weighted by Crippen LogP contribution is -2.31. The summed E-state index contributed by atoms with van der Waals surface area (Å²) < 4.78 is 33.0. The van der Waals surface area contributed by atoms with E-state index >= 15 is 0 Å². The van der Waals surface area contributed by atoms with E-state index in [1.807, 2.05) is 31.2 Å². The number of aryl methyl sites for hydroxylation is 1. The Labute approximate surface area is 177 Å². The van der Waals surface area contributed by atoms with E-state index in [9.17, 15) is 18.5 Å². The van der Waals surface area contributed by atoms with Gasteiger partial charge in [-0.15, -0.1) is 0 Å². The van der Waals surface area contributed by atoms with Crippen molar-refractivity contribution >= 4 is 27.3 Å². The van der Waals surface area contributed by atoms with Crippen LogP contribution in [-0.2, 0) is 10.0 Å². The van der Waals surface area contributed by atoms with Crippen LogP contribution in [0.4, 0.5) is 5.69 Å². The Kier molecular flexibility index (Phi) is 5.31. The van der Waals surface area contributed by atoms with Gasteiger partial charge in [-0.05, 0) is 38.0 Å². The normalized spacial score (nSPS) is 17.3. The first kappa shape index (κ1) is 20.5. The highest BCUT2D eigenvalue weighted by molar-refractivity contribution is 7.89. The summed E-state index contributed by atoms with van der Waals surface area (Å²) in [7, 11) is -4.03. The smallest absolute Gasteiger partial charge is 0.289 e. The number of sulfonamides is 1. The van der Waals surface area contributed by atoms with Crippen molar-refractivity contribution in [2.24, 2.45) is 0 Å². The van der Waals surface area contributed by atoms with E-state index in [1.54, 1.807) is 0 Å². The molecule has 0 N–H and O–H groups in total. The Bertz CT molecular complexity index is 1230. The number of hydrogen-bond acceptors (Lipinski definition) is 7. The second-order valence-corrected chi connectivity index (χ2v) is 9.27. The van der Waals surface area contributed by atoms with Gasteiger partial charge in [-0.25, -0.2) is 8.42 Å². The van der Waals surface area contributed by atoms with Gasteiger partial charge in [0.15, 0.2) is 0 Å². The molecule has 0 saturated carbocycles. The van der Waals surface area contributed by atoms with Crippen LogP contribution in [0.1, 0.15) is 30.3 Å². The Hall–Kier alpha value is -2.82. The van der Waals surface area contributed by atoms with Crippen LogP contribution < -0.4 is 0 Å². The minimum absolute atomic E-state index is 0.128. The van der Waals surface area contributed by atoms with E-state index in [4.69, 9.17) is 16.1 Å². The van der Waals surface area contributed by atoms with Gasteiger partial charge in [0.1, 0.15) is 11.1 Å². The van der Waals surface area contributed by atoms with Crippen molar-refractivity contribution in [2.45, 2.75) is 30.7 Å². The molecule has 2 heterocycles. The fourth-order valence-electron chi connectivity index (χ4n) is 3.47. The molecule has 1 aliphatic rings. The van der Waals surface area contributed by atoms with Crippen molar-refractivity contribution in [3.63, 3.8) is 0 Å². The molecule has 0 spiro atoms. The Morgan fingerprint density at radius 1 is 1.27 bits per heavy atom. The molecule has 0 unspecified atom stereocenters. The summed E-state index contributed by atoms with van der Waals surface area (Å²) >= 11 is 5.81. The SMILES string of the molecule is Cc1cccc(-c2noc([C@@H]3CCCN3S(=O)(=O)c3ccc(Cl)c([N+](=O)[O-])c3)n2)c1. The third kappa shape index (κ3) is 3.69. The second kappa shape index (κ2) is 7.78. The summed E-state index contributed by atoms with van der Waals surface area (Å²) in [5.41, 5.74) is 1.34. The number of benzene rings is 2. The molecule has 11 heteroatoms. The van der Waals surface area contributed by atoms with E-state index < -0.39 is 26.7 Å². The van der Waals surface area contributed by atoms with Gasteiger partial charge in [-0.1, -0.05) is 40.5 Å². The zero-order valence-corrected chi connectivity index (χ0v) is 17.4. The lowest BCUT2D eigenvalue weighted by molar-refractivity contribution is -0.384. The monoisotopic (exact) mass is 448 g/mol. The van der Waals surface area contributed by atoms with Crippen molar-refractivity contribution < 1.29 is 17.9 Å². The fourth-order valence-corrected chi connectivity index (χ4v) is 5.33. The van der Waals surface area contributed by atoms with Gasteiger partial charge in [0.2, 0.25) is 21.7 Å². The average Bonchev–Trinajstić information content (AvgIpc) is 3.37. The summed E-state index contributed by atoms with van der Waals surface area (Å²) in [6.45, 7) is 2.19. The van der Waals surface area contributed by atoms with E-state index in [1.165, 1.54) is 16.4 Å². The van der Waals surface area contributed by atoms with E-state index in [0.717, 1.165) is 17.2 Å². The van der Waals surface area contributed by atoms with Crippen LogP contribution in [0.5, 0.6) is 0 Å². The van der Waals surface area contributed by atoms with Crippen molar-refractivity contribution in [3.8, 4) is 11.4 Å². The van der Waals surface area contributed by atoms with Crippen molar-refractivity contribution in [1.29, 1.82) is 0 Å². The third-order valence-corrected chi connectivity index (χ3v) is 7.15. The molecule has 2 aromatic carbocycles. The quantitative estimate of drug-likeness (QED) is 0.425. The van der Waals surface area contributed by atoms with Gasteiger partial charge in [0, 0.05) is 18.2 Å². The van der Waals surface area contributed by atoms with Crippen molar-refractivity contribution in [3.05, 3.63) is 69.1 Å². The first-order valence-corrected chi connectivity index (χ1v) is 11.0. The van der Waals surface area contributed by atoms with Crippen molar-refractivity contribution in [1.82, 2.24) is 14.4 Å². The average molecular weight is 449 g/mol. The van der Waals surface area contributed by atoms with Crippen LogP contribution in [0.2, 0.25) is 5.02 Å². The maximum Gasteiger partial charge on any atom is 0.289 e. The van der Waals surface area contributed by atoms with Crippen LogP contribution in [0.25, 0.3) is 11.4 Å². The number of aromatic nitrogens is 2. The number of nitrogens with zero attached hydrogens (tertiary/aromatic N) is 4. The molecule has 9 nitrogen and oxygen atoms in total. The predicted molar refractivity (Wildman–Crippen MR) is 108 cm³/mol. The van der Waals surface area contributed by atoms with E-state index in [2.05, 4.69) is 10.1 Å². The van der Waals surface area contributed by atoms with Crippen LogP contribution in [0.15, 0.2) is 51.9 Å². The maximum atomic E-state index is 13.2. The Morgan fingerprint density at radius 3 is 2.80 bits per heavy atom. The molecule has 1 saturated heterocycles. The third-order valence-electron chi connectivity index (χ3n) is 4.93. The van der Waals surface area contributed by atoms with Gasteiger partial charge in [-0.3, -0.25) is 10.1 Å². The van der Waals surface area contributed by atoms with Crippen LogP contribution in [0, 0.1) is 17.0 Å². The molecular weight excluding hydrogens is 432 g/mol. The fraction of sp³-hybridized carbons (Fsp3) is 0.263. The number of rotatable bonds is 5. The molecule has 0 radical (unpaired) electrons. The number of halogens is 1. The summed E-state index contributed by atoms with van der Waals surface area (Å²) in [4.78, 5) is 14.6. The lowest BCUT2D eigenvalue weighted by atomic mass is 10.1. The maximum absolute atomic E-state index is 13.2.